The second-order valence-electron chi connectivity index (χ2n) is 7.32. The number of ether oxygens (including phenoxy) is 2. The summed E-state index contributed by atoms with van der Waals surface area (Å²) in [5.41, 5.74) is 0.670. The zero-order chi connectivity index (χ0) is 20.6. The van der Waals surface area contributed by atoms with Crippen LogP contribution < -0.4 is 14.4 Å². The fourth-order valence-corrected chi connectivity index (χ4v) is 3.45. The molecule has 6 heteroatoms. The molecule has 1 saturated carbocycles. The van der Waals surface area contributed by atoms with Gasteiger partial charge < -0.3 is 14.4 Å². The average molecular weight is 396 g/mol. The van der Waals surface area contributed by atoms with E-state index in [1.807, 2.05) is 30.1 Å². The number of hydrogen-bond donors (Lipinski definition) is 0. The van der Waals surface area contributed by atoms with Crippen LogP contribution in [0.4, 0.5) is 10.5 Å². The van der Waals surface area contributed by atoms with Gasteiger partial charge in [-0.3, -0.25) is 9.69 Å². The Morgan fingerprint density at radius 3 is 2.21 bits per heavy atom. The van der Waals surface area contributed by atoms with Crippen molar-refractivity contribution in [2.24, 2.45) is 0 Å². The first kappa shape index (κ1) is 20.7. The van der Waals surface area contributed by atoms with Gasteiger partial charge in [0.25, 0.3) is 5.91 Å². The third kappa shape index (κ3) is 5.73. The third-order valence-electron chi connectivity index (χ3n) is 5.32. The van der Waals surface area contributed by atoms with Crippen LogP contribution in [-0.2, 0) is 4.79 Å². The predicted octanol–water partition coefficient (Wildman–Crippen LogP) is 4.49. The van der Waals surface area contributed by atoms with Crippen LogP contribution in [0.5, 0.6) is 11.5 Å². The Hall–Kier alpha value is -3.02. The molecular weight excluding hydrogens is 368 g/mol. The summed E-state index contributed by atoms with van der Waals surface area (Å²) in [6.45, 7) is 0.0121. The maximum atomic E-state index is 12.4. The Morgan fingerprint density at radius 2 is 1.55 bits per heavy atom. The molecule has 0 N–H and O–H groups in total. The van der Waals surface area contributed by atoms with Crippen molar-refractivity contribution in [2.75, 3.05) is 25.6 Å². The van der Waals surface area contributed by atoms with E-state index in [-0.39, 0.29) is 12.5 Å². The molecule has 0 aliphatic heterocycles. The Balaban J connectivity index is 1.50. The lowest BCUT2D eigenvalue weighted by Gasteiger charge is -2.31. The van der Waals surface area contributed by atoms with Crippen LogP contribution in [-0.4, -0.2) is 43.6 Å². The molecule has 2 aromatic carbocycles. The number of benzene rings is 2. The summed E-state index contributed by atoms with van der Waals surface area (Å²) in [5, 5.41) is 0. The summed E-state index contributed by atoms with van der Waals surface area (Å²) >= 11 is 0. The van der Waals surface area contributed by atoms with Gasteiger partial charge in [0.1, 0.15) is 11.5 Å². The summed E-state index contributed by atoms with van der Waals surface area (Å²) in [4.78, 5) is 27.9. The van der Waals surface area contributed by atoms with Gasteiger partial charge in [-0.1, -0.05) is 37.5 Å². The van der Waals surface area contributed by atoms with Crippen molar-refractivity contribution in [3.05, 3.63) is 54.6 Å². The minimum absolute atomic E-state index is 0.00969. The fraction of sp³-hybridized carbons (Fsp3) is 0.391. The highest BCUT2D eigenvalue weighted by Gasteiger charge is 2.22. The SMILES string of the molecule is CN(C(=O)Oc1ccccc1)c1ccc(OCC(=O)N(C)C2CCCCC2)cc1. The van der Waals surface area contributed by atoms with Gasteiger partial charge in [-0.15, -0.1) is 0 Å². The zero-order valence-corrected chi connectivity index (χ0v) is 17.0. The molecule has 0 heterocycles. The van der Waals surface area contributed by atoms with Crippen LogP contribution in [0.2, 0.25) is 0 Å². The van der Waals surface area contributed by atoms with Crippen LogP contribution in [0.25, 0.3) is 0 Å². The number of carbonyl (C=O) groups is 2. The Bertz CT molecular complexity index is 801. The first-order valence-electron chi connectivity index (χ1n) is 10.0. The van der Waals surface area contributed by atoms with Crippen molar-refractivity contribution in [3.8, 4) is 11.5 Å². The third-order valence-corrected chi connectivity index (χ3v) is 5.32. The molecule has 1 aliphatic rings. The fourth-order valence-electron chi connectivity index (χ4n) is 3.45. The summed E-state index contributed by atoms with van der Waals surface area (Å²) in [5.74, 6) is 1.07. The number of amides is 2. The number of para-hydroxylation sites is 1. The van der Waals surface area contributed by atoms with Gasteiger partial charge in [0.15, 0.2) is 6.61 Å². The first-order chi connectivity index (χ1) is 14.0. The van der Waals surface area contributed by atoms with Gasteiger partial charge in [-0.25, -0.2) is 4.79 Å². The molecule has 0 bridgehead atoms. The molecule has 154 valence electrons. The lowest BCUT2D eigenvalue weighted by atomic mass is 9.94. The summed E-state index contributed by atoms with van der Waals surface area (Å²) < 4.78 is 11.0. The van der Waals surface area contributed by atoms with E-state index in [4.69, 9.17) is 9.47 Å². The van der Waals surface area contributed by atoms with Crippen molar-refractivity contribution < 1.29 is 19.1 Å². The Labute approximate surface area is 172 Å². The second kappa shape index (κ2) is 9.96. The molecule has 0 radical (unpaired) electrons. The molecule has 0 aromatic heterocycles. The molecule has 6 nitrogen and oxygen atoms in total. The highest BCUT2D eigenvalue weighted by molar-refractivity contribution is 5.88. The van der Waals surface area contributed by atoms with Crippen LogP contribution in [0.3, 0.4) is 0 Å². The number of likely N-dealkylation sites (N-methyl/N-ethyl adjacent to an activating group) is 1. The highest BCUT2D eigenvalue weighted by atomic mass is 16.6. The predicted molar refractivity (Wildman–Crippen MR) is 112 cm³/mol. The molecule has 2 amide bonds. The maximum absolute atomic E-state index is 12.4. The van der Waals surface area contributed by atoms with E-state index in [1.54, 1.807) is 43.4 Å². The van der Waals surface area contributed by atoms with E-state index in [9.17, 15) is 9.59 Å². The topological polar surface area (TPSA) is 59.1 Å². The quantitative estimate of drug-likeness (QED) is 0.722. The number of rotatable bonds is 6. The molecule has 3 rings (SSSR count). The molecule has 0 unspecified atom stereocenters. The van der Waals surface area contributed by atoms with Gasteiger partial charge in [-0.2, -0.15) is 0 Å². The number of hydrogen-bond acceptors (Lipinski definition) is 4. The lowest BCUT2D eigenvalue weighted by molar-refractivity contribution is -0.134. The van der Waals surface area contributed by atoms with Crippen LogP contribution in [0, 0.1) is 0 Å². The largest absolute Gasteiger partial charge is 0.484 e. The van der Waals surface area contributed by atoms with Crippen molar-refractivity contribution in [1.29, 1.82) is 0 Å². The molecule has 29 heavy (non-hydrogen) atoms. The Kier molecular flexibility index (Phi) is 7.11. The molecule has 0 spiro atoms. The first-order valence-corrected chi connectivity index (χ1v) is 10.0. The molecule has 2 aromatic rings. The number of nitrogens with zero attached hydrogens (tertiary/aromatic N) is 2. The van der Waals surface area contributed by atoms with E-state index in [2.05, 4.69) is 0 Å². The summed E-state index contributed by atoms with van der Waals surface area (Å²) in [6, 6.07) is 16.3. The highest BCUT2D eigenvalue weighted by Crippen LogP contribution is 2.23. The van der Waals surface area contributed by atoms with Gasteiger partial charge in [0.05, 0.1) is 0 Å². The Morgan fingerprint density at radius 1 is 0.897 bits per heavy atom. The van der Waals surface area contributed by atoms with Crippen molar-refractivity contribution in [2.45, 2.75) is 38.1 Å². The van der Waals surface area contributed by atoms with Crippen LogP contribution in [0.15, 0.2) is 54.6 Å². The van der Waals surface area contributed by atoms with Crippen molar-refractivity contribution >= 4 is 17.7 Å². The zero-order valence-electron chi connectivity index (χ0n) is 17.0. The lowest BCUT2D eigenvalue weighted by Crippen LogP contribution is -2.40. The standard InChI is InChI=1S/C23H28N2O4/c1-24(18-9-5-3-6-10-18)22(26)17-28-20-15-13-19(14-16-20)25(2)23(27)29-21-11-7-4-8-12-21/h4,7-8,11-16,18H,3,5-6,9-10,17H2,1-2H3. The monoisotopic (exact) mass is 396 g/mol. The van der Waals surface area contributed by atoms with Crippen LogP contribution >= 0.6 is 0 Å². The van der Waals surface area contributed by atoms with Gasteiger partial charge >= 0.3 is 6.09 Å². The van der Waals surface area contributed by atoms with E-state index < -0.39 is 6.09 Å². The van der Waals surface area contributed by atoms with Gasteiger partial charge in [0.2, 0.25) is 0 Å². The van der Waals surface area contributed by atoms with Crippen molar-refractivity contribution in [1.82, 2.24) is 4.90 Å². The van der Waals surface area contributed by atoms with Crippen LogP contribution in [0.1, 0.15) is 32.1 Å². The molecular formula is C23H28N2O4. The van der Waals surface area contributed by atoms with Gasteiger partial charge in [-0.05, 0) is 49.2 Å². The minimum Gasteiger partial charge on any atom is -0.484 e. The minimum atomic E-state index is -0.478. The molecule has 1 aliphatic carbocycles. The summed E-state index contributed by atoms with van der Waals surface area (Å²) in [7, 11) is 3.50. The molecule has 0 atom stereocenters. The van der Waals surface area contributed by atoms with Gasteiger partial charge in [0, 0.05) is 25.8 Å². The number of carbonyl (C=O) groups excluding carboxylic acids is 2. The summed E-state index contributed by atoms with van der Waals surface area (Å²) in [6.07, 6.45) is 5.30. The maximum Gasteiger partial charge on any atom is 0.419 e. The molecule has 1 fully saturated rings. The van der Waals surface area contributed by atoms with E-state index in [0.29, 0.717) is 23.2 Å². The smallest absolute Gasteiger partial charge is 0.419 e. The van der Waals surface area contributed by atoms with E-state index >= 15 is 0 Å². The molecule has 0 saturated heterocycles. The average Bonchev–Trinajstić information content (AvgIpc) is 2.78. The van der Waals surface area contributed by atoms with Crippen molar-refractivity contribution in [3.63, 3.8) is 0 Å². The normalized spacial score (nSPS) is 14.1. The number of anilines is 1. The van der Waals surface area contributed by atoms with E-state index in [1.165, 1.54) is 24.2 Å². The second-order valence-corrected chi connectivity index (χ2v) is 7.32. The van der Waals surface area contributed by atoms with E-state index in [0.717, 1.165) is 12.8 Å².